The van der Waals surface area contributed by atoms with Crippen molar-refractivity contribution < 1.29 is 39.2 Å². The zero-order valence-corrected chi connectivity index (χ0v) is 24.9. The van der Waals surface area contributed by atoms with Gasteiger partial charge >= 0.3 is 17.9 Å². The Morgan fingerprint density at radius 1 is 1.14 bits per heavy atom. The SMILES string of the molecule is CCCCC1(N(C)C)CCC(c2[nH]c3ccc(F)cc3c2CCn2ccnn2)CC1.O=C(O)CC(O)(CC(=O)O)C(=O)O. The zero-order chi connectivity index (χ0) is 31.8. The van der Waals surface area contributed by atoms with Crippen LogP contribution >= 0.6 is 0 Å². The number of nitrogens with one attached hydrogen (secondary N) is 1. The van der Waals surface area contributed by atoms with Gasteiger partial charge in [0, 0.05) is 34.9 Å². The van der Waals surface area contributed by atoms with Crippen LogP contribution in [0.5, 0.6) is 0 Å². The van der Waals surface area contributed by atoms with Crippen LogP contribution in [0.2, 0.25) is 0 Å². The Morgan fingerprint density at radius 3 is 2.30 bits per heavy atom. The largest absolute Gasteiger partial charge is 0.481 e. The standard InChI is InChI=1S/C24H34FN5.C6H8O7/c1-4-5-11-24(29(2)3)12-8-18(9-13-24)23-20(10-15-30-16-14-26-28-30)21-17-19(25)6-7-22(21)27-23;7-3(8)1-6(13,5(11)12)2-4(9)10/h6-7,14,16-18,27H,4-5,8-13,15H2,1-3H3;13H,1-2H2,(H,7,8)(H,9,10)(H,11,12). The van der Waals surface area contributed by atoms with Gasteiger partial charge in [-0.1, -0.05) is 25.0 Å². The van der Waals surface area contributed by atoms with Crippen LogP contribution in [0.25, 0.3) is 10.9 Å². The van der Waals surface area contributed by atoms with E-state index in [-0.39, 0.29) is 5.82 Å². The third-order valence-corrected chi connectivity index (χ3v) is 8.52. The number of nitrogens with zero attached hydrogens (tertiary/aromatic N) is 4. The third-order valence-electron chi connectivity index (χ3n) is 8.52. The van der Waals surface area contributed by atoms with E-state index >= 15 is 0 Å². The third kappa shape index (κ3) is 8.60. The van der Waals surface area contributed by atoms with Crippen LogP contribution in [0.3, 0.4) is 0 Å². The number of halogens is 1. The topological polar surface area (TPSA) is 182 Å². The molecule has 236 valence electrons. The molecule has 1 saturated carbocycles. The van der Waals surface area contributed by atoms with Crippen molar-refractivity contribution in [1.82, 2.24) is 24.9 Å². The van der Waals surface area contributed by atoms with Gasteiger partial charge < -0.3 is 30.3 Å². The Morgan fingerprint density at radius 2 is 1.79 bits per heavy atom. The van der Waals surface area contributed by atoms with E-state index in [4.69, 9.17) is 20.4 Å². The summed E-state index contributed by atoms with van der Waals surface area (Å²) in [6, 6.07) is 5.11. The summed E-state index contributed by atoms with van der Waals surface area (Å²) in [7, 11) is 4.48. The Balaban J connectivity index is 0.000000331. The Kier molecular flexibility index (Phi) is 11.4. The van der Waals surface area contributed by atoms with Gasteiger partial charge in [0.15, 0.2) is 5.60 Å². The summed E-state index contributed by atoms with van der Waals surface area (Å²) in [5, 5.41) is 42.8. The van der Waals surface area contributed by atoms with Crippen molar-refractivity contribution in [3.63, 3.8) is 0 Å². The molecule has 0 unspecified atom stereocenters. The highest BCUT2D eigenvalue weighted by atomic mass is 19.1. The van der Waals surface area contributed by atoms with E-state index < -0.39 is 36.4 Å². The molecule has 5 N–H and O–H groups in total. The van der Waals surface area contributed by atoms with Gasteiger partial charge in [-0.3, -0.25) is 14.3 Å². The van der Waals surface area contributed by atoms with Gasteiger partial charge in [0.25, 0.3) is 0 Å². The number of fused-ring (bicyclic) bond motifs is 1. The number of rotatable bonds is 13. The van der Waals surface area contributed by atoms with Gasteiger partial charge in [-0.2, -0.15) is 0 Å². The Labute approximate surface area is 249 Å². The van der Waals surface area contributed by atoms with Gasteiger partial charge in [-0.25, -0.2) is 9.18 Å². The van der Waals surface area contributed by atoms with Crippen molar-refractivity contribution in [3.05, 3.63) is 47.7 Å². The molecule has 0 radical (unpaired) electrons. The number of H-pyrrole nitrogens is 1. The lowest BCUT2D eigenvalue weighted by Gasteiger charge is -2.45. The molecule has 0 atom stereocenters. The van der Waals surface area contributed by atoms with E-state index in [9.17, 15) is 18.8 Å². The molecule has 43 heavy (non-hydrogen) atoms. The molecule has 3 aromatic rings. The normalized spacial score (nSPS) is 18.8. The number of aliphatic hydroxyl groups is 1. The maximum Gasteiger partial charge on any atom is 0.336 e. The molecule has 0 amide bonds. The van der Waals surface area contributed by atoms with Crippen LogP contribution < -0.4 is 0 Å². The molecule has 1 aromatic carbocycles. The molecule has 4 rings (SSSR count). The number of unbranched alkanes of at least 4 members (excludes halogenated alkanes) is 1. The van der Waals surface area contributed by atoms with Crippen LogP contribution in [0.4, 0.5) is 4.39 Å². The van der Waals surface area contributed by atoms with Crippen LogP contribution in [-0.2, 0) is 27.3 Å². The van der Waals surface area contributed by atoms with Crippen molar-refractivity contribution >= 4 is 28.8 Å². The van der Waals surface area contributed by atoms with Gasteiger partial charge in [-0.05, 0) is 82.3 Å². The van der Waals surface area contributed by atoms with Crippen molar-refractivity contribution in [2.45, 2.75) is 94.7 Å². The number of carbonyl (C=O) groups is 3. The number of benzene rings is 1. The molecule has 1 fully saturated rings. The van der Waals surface area contributed by atoms with E-state index in [1.54, 1.807) is 18.3 Å². The van der Waals surface area contributed by atoms with E-state index in [1.165, 1.54) is 56.2 Å². The molecular formula is C30H42FN5O7. The predicted molar refractivity (Wildman–Crippen MR) is 156 cm³/mol. The minimum absolute atomic E-state index is 0.176. The smallest absolute Gasteiger partial charge is 0.336 e. The quantitative estimate of drug-likeness (QED) is 0.191. The minimum Gasteiger partial charge on any atom is -0.481 e. The van der Waals surface area contributed by atoms with Gasteiger partial charge in [0.05, 0.1) is 19.0 Å². The molecule has 0 aliphatic heterocycles. The number of aliphatic carboxylic acids is 3. The van der Waals surface area contributed by atoms with Gasteiger partial charge in [0.2, 0.25) is 0 Å². The van der Waals surface area contributed by atoms with E-state index in [1.807, 2.05) is 16.9 Å². The van der Waals surface area contributed by atoms with Crippen LogP contribution in [0.15, 0.2) is 30.6 Å². The zero-order valence-electron chi connectivity index (χ0n) is 24.9. The van der Waals surface area contributed by atoms with Gasteiger partial charge in [0.1, 0.15) is 5.82 Å². The number of aryl methyl sites for hydroxylation is 2. The number of carboxylic acid groups (broad SMARTS) is 3. The predicted octanol–water partition coefficient (Wildman–Crippen LogP) is 4.04. The summed E-state index contributed by atoms with van der Waals surface area (Å²) in [5.41, 5.74) is 1.17. The fourth-order valence-corrected chi connectivity index (χ4v) is 6.02. The number of carboxylic acids is 3. The average molecular weight is 604 g/mol. The fraction of sp³-hybridized carbons (Fsp3) is 0.567. The highest BCUT2D eigenvalue weighted by molar-refractivity contribution is 5.88. The summed E-state index contributed by atoms with van der Waals surface area (Å²) in [5.74, 6) is -4.69. The number of hydrogen-bond donors (Lipinski definition) is 5. The maximum atomic E-state index is 14.0. The lowest BCUT2D eigenvalue weighted by atomic mass is 9.72. The molecule has 0 bridgehead atoms. The molecule has 0 spiro atoms. The van der Waals surface area contributed by atoms with Gasteiger partial charge in [-0.15, -0.1) is 5.10 Å². The summed E-state index contributed by atoms with van der Waals surface area (Å²) < 4.78 is 15.9. The molecule has 13 heteroatoms. The fourth-order valence-electron chi connectivity index (χ4n) is 6.02. The van der Waals surface area contributed by atoms with Crippen LogP contribution in [0, 0.1) is 5.82 Å². The van der Waals surface area contributed by atoms with E-state index in [0.717, 1.165) is 23.9 Å². The maximum absolute atomic E-state index is 14.0. The summed E-state index contributed by atoms with van der Waals surface area (Å²) in [6.07, 6.45) is 10.7. The molecule has 1 aliphatic carbocycles. The summed E-state index contributed by atoms with van der Waals surface area (Å²) in [6.45, 7) is 3.03. The Hall–Kier alpha value is -3.84. The number of hydrogen-bond acceptors (Lipinski definition) is 7. The van der Waals surface area contributed by atoms with Crippen molar-refractivity contribution in [3.8, 4) is 0 Å². The van der Waals surface area contributed by atoms with E-state index in [0.29, 0.717) is 11.5 Å². The second kappa shape index (κ2) is 14.6. The molecule has 1 aliphatic rings. The minimum atomic E-state index is -2.74. The van der Waals surface area contributed by atoms with E-state index in [2.05, 4.69) is 41.2 Å². The molecule has 2 heterocycles. The highest BCUT2D eigenvalue weighted by Crippen LogP contribution is 2.44. The molecular weight excluding hydrogens is 561 g/mol. The summed E-state index contributed by atoms with van der Waals surface area (Å²) in [4.78, 5) is 36.6. The lowest BCUT2D eigenvalue weighted by Crippen LogP contribution is -2.46. The monoisotopic (exact) mass is 603 g/mol. The second-order valence-corrected chi connectivity index (χ2v) is 11.6. The van der Waals surface area contributed by atoms with Crippen LogP contribution in [-0.4, -0.2) is 88.4 Å². The first kappa shape index (κ1) is 33.7. The van der Waals surface area contributed by atoms with Crippen molar-refractivity contribution in [2.75, 3.05) is 14.1 Å². The van der Waals surface area contributed by atoms with Crippen LogP contribution in [0.1, 0.15) is 81.9 Å². The number of aromatic nitrogens is 4. The average Bonchev–Trinajstić information content (AvgIpc) is 3.58. The first-order valence-electron chi connectivity index (χ1n) is 14.5. The summed E-state index contributed by atoms with van der Waals surface area (Å²) >= 11 is 0. The van der Waals surface area contributed by atoms with Crippen molar-refractivity contribution in [1.29, 1.82) is 0 Å². The highest BCUT2D eigenvalue weighted by Gasteiger charge is 2.41. The molecule has 12 nitrogen and oxygen atoms in total. The molecule has 0 saturated heterocycles. The lowest BCUT2D eigenvalue weighted by molar-refractivity contribution is -0.170. The number of aromatic amines is 1. The first-order chi connectivity index (χ1) is 20.3. The molecule has 2 aromatic heterocycles. The first-order valence-corrected chi connectivity index (χ1v) is 14.5. The Bertz CT molecular complexity index is 1360. The van der Waals surface area contributed by atoms with Crippen molar-refractivity contribution in [2.24, 2.45) is 0 Å². The second-order valence-electron chi connectivity index (χ2n) is 11.6.